The lowest BCUT2D eigenvalue weighted by Gasteiger charge is -2.31. The van der Waals surface area contributed by atoms with Crippen molar-refractivity contribution in [2.75, 3.05) is 25.0 Å². The molecule has 2 heterocycles. The molecule has 10 heteroatoms. The number of benzene rings is 2. The second-order valence-corrected chi connectivity index (χ2v) is 9.89. The standard InChI is InChI=1S/C21H22ClN3O5S/c22-16-3-1-14(2-4-16)12-23-21(27)15-7-9-25(10-8-15)31(28,29)17-5-6-19-18(11-17)24-20(26)13-30-19/h1-6,11,15H,7-10,12-13H2,(H,23,27)(H,24,26). The van der Waals surface area contributed by atoms with E-state index in [2.05, 4.69) is 10.6 Å². The molecule has 0 aromatic heterocycles. The molecule has 0 saturated carbocycles. The van der Waals surface area contributed by atoms with E-state index in [9.17, 15) is 18.0 Å². The van der Waals surface area contributed by atoms with Crippen molar-refractivity contribution in [2.45, 2.75) is 24.3 Å². The van der Waals surface area contributed by atoms with Crippen LogP contribution in [0.3, 0.4) is 0 Å². The molecule has 164 valence electrons. The van der Waals surface area contributed by atoms with Gasteiger partial charge in [-0.25, -0.2) is 8.42 Å². The topological polar surface area (TPSA) is 105 Å². The van der Waals surface area contributed by atoms with Crippen LogP contribution in [0.5, 0.6) is 5.75 Å². The Morgan fingerprint density at radius 1 is 1.16 bits per heavy atom. The third-order valence-corrected chi connectivity index (χ3v) is 7.57. The number of rotatable bonds is 5. The SMILES string of the molecule is O=C1COc2ccc(S(=O)(=O)N3CCC(C(=O)NCc4ccc(Cl)cc4)CC3)cc2N1. The molecule has 2 aliphatic rings. The van der Waals surface area contributed by atoms with Gasteiger partial charge in [-0.2, -0.15) is 4.31 Å². The Kier molecular flexibility index (Phi) is 6.17. The van der Waals surface area contributed by atoms with Gasteiger partial charge in [0.1, 0.15) is 5.75 Å². The monoisotopic (exact) mass is 463 g/mol. The van der Waals surface area contributed by atoms with E-state index in [0.717, 1.165) is 5.56 Å². The Morgan fingerprint density at radius 2 is 1.87 bits per heavy atom. The largest absolute Gasteiger partial charge is 0.482 e. The summed E-state index contributed by atoms with van der Waals surface area (Å²) in [6.45, 7) is 0.812. The van der Waals surface area contributed by atoms with E-state index in [1.165, 1.54) is 16.4 Å². The summed E-state index contributed by atoms with van der Waals surface area (Å²) >= 11 is 5.87. The van der Waals surface area contributed by atoms with Gasteiger partial charge in [0.15, 0.2) is 6.61 Å². The molecule has 0 atom stereocenters. The van der Waals surface area contributed by atoms with E-state index >= 15 is 0 Å². The van der Waals surface area contributed by atoms with E-state index < -0.39 is 10.0 Å². The van der Waals surface area contributed by atoms with Crippen molar-refractivity contribution in [3.05, 3.63) is 53.1 Å². The van der Waals surface area contributed by atoms with Gasteiger partial charge in [0, 0.05) is 30.6 Å². The first-order chi connectivity index (χ1) is 14.8. The first kappa shape index (κ1) is 21.6. The average Bonchev–Trinajstić information content (AvgIpc) is 2.78. The molecule has 4 rings (SSSR count). The highest BCUT2D eigenvalue weighted by atomic mass is 35.5. The number of carbonyl (C=O) groups is 2. The van der Waals surface area contributed by atoms with E-state index in [-0.39, 0.29) is 42.3 Å². The van der Waals surface area contributed by atoms with Crippen LogP contribution in [0.1, 0.15) is 18.4 Å². The van der Waals surface area contributed by atoms with Crippen LogP contribution in [0.15, 0.2) is 47.4 Å². The van der Waals surface area contributed by atoms with Gasteiger partial charge in [-0.1, -0.05) is 23.7 Å². The molecule has 0 unspecified atom stereocenters. The molecule has 2 aromatic rings. The molecule has 2 N–H and O–H groups in total. The van der Waals surface area contributed by atoms with Crippen LogP contribution >= 0.6 is 11.6 Å². The fourth-order valence-electron chi connectivity index (χ4n) is 3.67. The maximum Gasteiger partial charge on any atom is 0.262 e. The van der Waals surface area contributed by atoms with Gasteiger partial charge in [0.25, 0.3) is 5.91 Å². The van der Waals surface area contributed by atoms with Gasteiger partial charge in [-0.3, -0.25) is 9.59 Å². The van der Waals surface area contributed by atoms with Crippen molar-refractivity contribution >= 4 is 39.1 Å². The molecule has 0 spiro atoms. The van der Waals surface area contributed by atoms with Crippen LogP contribution in [0.25, 0.3) is 0 Å². The van der Waals surface area contributed by atoms with Crippen LogP contribution in [0, 0.1) is 5.92 Å². The number of hydrogen-bond acceptors (Lipinski definition) is 5. The first-order valence-corrected chi connectivity index (χ1v) is 11.7. The molecule has 2 aliphatic heterocycles. The Labute approximate surface area is 185 Å². The lowest BCUT2D eigenvalue weighted by molar-refractivity contribution is -0.126. The number of amides is 2. The molecule has 1 saturated heterocycles. The van der Waals surface area contributed by atoms with Crippen molar-refractivity contribution in [3.8, 4) is 5.75 Å². The van der Waals surface area contributed by atoms with Gasteiger partial charge >= 0.3 is 0 Å². The summed E-state index contributed by atoms with van der Waals surface area (Å²) in [5.41, 5.74) is 1.29. The number of carbonyl (C=O) groups excluding carboxylic acids is 2. The van der Waals surface area contributed by atoms with Crippen LogP contribution in [-0.4, -0.2) is 44.2 Å². The maximum atomic E-state index is 13.0. The van der Waals surface area contributed by atoms with Gasteiger partial charge < -0.3 is 15.4 Å². The fourth-order valence-corrected chi connectivity index (χ4v) is 5.29. The highest BCUT2D eigenvalue weighted by molar-refractivity contribution is 7.89. The molecule has 2 aromatic carbocycles. The zero-order chi connectivity index (χ0) is 22.0. The summed E-state index contributed by atoms with van der Waals surface area (Å²) < 4.78 is 32.7. The summed E-state index contributed by atoms with van der Waals surface area (Å²) in [6.07, 6.45) is 0.882. The van der Waals surface area contributed by atoms with Gasteiger partial charge in [-0.05, 0) is 48.7 Å². The summed E-state index contributed by atoms with van der Waals surface area (Å²) in [4.78, 5) is 24.1. The number of fused-ring (bicyclic) bond motifs is 1. The zero-order valence-corrected chi connectivity index (χ0v) is 18.2. The normalized spacial score (nSPS) is 17.4. The fraction of sp³-hybridized carbons (Fsp3) is 0.333. The molecule has 1 fully saturated rings. The van der Waals surface area contributed by atoms with E-state index in [1.54, 1.807) is 18.2 Å². The number of sulfonamides is 1. The summed E-state index contributed by atoms with van der Waals surface area (Å²) in [6, 6.07) is 11.7. The molecule has 0 aliphatic carbocycles. The summed E-state index contributed by atoms with van der Waals surface area (Å²) in [7, 11) is -3.74. The highest BCUT2D eigenvalue weighted by Gasteiger charge is 2.32. The third kappa shape index (κ3) is 4.84. The minimum atomic E-state index is -3.74. The van der Waals surface area contributed by atoms with Crippen molar-refractivity contribution < 1.29 is 22.7 Å². The van der Waals surface area contributed by atoms with E-state index in [4.69, 9.17) is 16.3 Å². The average molecular weight is 464 g/mol. The molecule has 0 bridgehead atoms. The summed E-state index contributed by atoms with van der Waals surface area (Å²) in [5.74, 6) is -0.210. The van der Waals surface area contributed by atoms with Crippen LogP contribution in [0.2, 0.25) is 5.02 Å². The number of ether oxygens (including phenoxy) is 1. The predicted molar refractivity (Wildman–Crippen MR) is 115 cm³/mol. The highest BCUT2D eigenvalue weighted by Crippen LogP contribution is 2.32. The van der Waals surface area contributed by atoms with E-state index in [1.807, 2.05) is 12.1 Å². The first-order valence-electron chi connectivity index (χ1n) is 9.92. The number of nitrogens with one attached hydrogen (secondary N) is 2. The minimum Gasteiger partial charge on any atom is -0.482 e. The number of hydrogen-bond donors (Lipinski definition) is 2. The molecule has 0 radical (unpaired) electrons. The Morgan fingerprint density at radius 3 is 2.58 bits per heavy atom. The van der Waals surface area contributed by atoms with Crippen molar-refractivity contribution in [1.82, 2.24) is 9.62 Å². The number of halogens is 1. The molecule has 8 nitrogen and oxygen atoms in total. The van der Waals surface area contributed by atoms with Gasteiger partial charge in [0.2, 0.25) is 15.9 Å². The zero-order valence-electron chi connectivity index (χ0n) is 16.6. The minimum absolute atomic E-state index is 0.0827. The molecule has 2 amide bonds. The van der Waals surface area contributed by atoms with Gasteiger partial charge in [0.05, 0.1) is 10.6 Å². The van der Waals surface area contributed by atoms with Crippen LogP contribution in [-0.2, 0) is 26.2 Å². The van der Waals surface area contributed by atoms with E-state index in [0.29, 0.717) is 35.8 Å². The maximum absolute atomic E-state index is 13.0. The molecular weight excluding hydrogens is 442 g/mol. The Hall–Kier alpha value is -2.62. The van der Waals surface area contributed by atoms with Crippen molar-refractivity contribution in [1.29, 1.82) is 0 Å². The second kappa shape index (κ2) is 8.86. The Bertz CT molecular complexity index is 1100. The molecule has 31 heavy (non-hydrogen) atoms. The van der Waals surface area contributed by atoms with Crippen molar-refractivity contribution in [2.24, 2.45) is 5.92 Å². The Balaban J connectivity index is 1.35. The number of piperidine rings is 1. The lowest BCUT2D eigenvalue weighted by Crippen LogP contribution is -2.42. The quantitative estimate of drug-likeness (QED) is 0.708. The molecular formula is C21H22ClN3O5S. The number of anilines is 1. The predicted octanol–water partition coefficient (Wildman–Crippen LogP) is 2.39. The second-order valence-electron chi connectivity index (χ2n) is 7.52. The smallest absolute Gasteiger partial charge is 0.262 e. The van der Waals surface area contributed by atoms with Crippen molar-refractivity contribution in [3.63, 3.8) is 0 Å². The van der Waals surface area contributed by atoms with Crippen LogP contribution < -0.4 is 15.4 Å². The lowest BCUT2D eigenvalue weighted by atomic mass is 9.97. The summed E-state index contributed by atoms with van der Waals surface area (Å²) in [5, 5.41) is 6.16. The third-order valence-electron chi connectivity index (χ3n) is 5.43. The van der Waals surface area contributed by atoms with Crippen LogP contribution in [0.4, 0.5) is 5.69 Å². The van der Waals surface area contributed by atoms with Gasteiger partial charge in [-0.15, -0.1) is 0 Å². The number of nitrogens with zero attached hydrogens (tertiary/aromatic N) is 1.